The number of carbonyl (C=O) groups is 3. The number of hydrogen-bond acceptors (Lipinski definition) is 5. The fourth-order valence-electron chi connectivity index (χ4n) is 3.36. The maximum Gasteiger partial charge on any atom is 0.251 e. The van der Waals surface area contributed by atoms with Crippen molar-refractivity contribution in [1.29, 1.82) is 0 Å². The van der Waals surface area contributed by atoms with E-state index in [1.165, 1.54) is 0 Å². The van der Waals surface area contributed by atoms with Gasteiger partial charge in [-0.15, -0.1) is 0 Å². The summed E-state index contributed by atoms with van der Waals surface area (Å²) in [4.78, 5) is 40.4. The number of Topliss-reactive ketones (excluding diaryl/α,β-unsaturated/α-hetero) is 1. The standard InChI is InChI=1S/C25H28N4O4/c26-24(31)21(15-19-5-2-1-3-6-19)16-22(30)17-28-25(32)20-7-9-23(10-8-20)33-14-4-12-29-13-11-27-18-29/h1-3,5-11,13,18,21H,4,12,14-17H2,(H2,26,31)(H,28,32)/t21-/m1/s1. The lowest BCUT2D eigenvalue weighted by atomic mass is 9.93. The molecule has 8 nitrogen and oxygen atoms in total. The van der Waals surface area contributed by atoms with Crippen LogP contribution in [-0.4, -0.2) is 40.3 Å². The summed E-state index contributed by atoms with van der Waals surface area (Å²) in [5.74, 6) is -1.09. The molecular weight excluding hydrogens is 420 g/mol. The van der Waals surface area contributed by atoms with Crippen molar-refractivity contribution in [2.45, 2.75) is 25.8 Å². The van der Waals surface area contributed by atoms with Crippen LogP contribution in [0.25, 0.3) is 0 Å². The molecule has 2 aromatic carbocycles. The highest BCUT2D eigenvalue weighted by molar-refractivity contribution is 5.97. The molecular formula is C25H28N4O4. The molecule has 0 aliphatic carbocycles. The Balaban J connectivity index is 1.40. The molecule has 0 radical (unpaired) electrons. The van der Waals surface area contributed by atoms with E-state index in [0.29, 0.717) is 24.3 Å². The van der Waals surface area contributed by atoms with E-state index >= 15 is 0 Å². The average Bonchev–Trinajstić information content (AvgIpc) is 3.34. The molecule has 0 saturated heterocycles. The molecule has 0 aliphatic rings. The second-order valence-electron chi connectivity index (χ2n) is 7.74. The first-order valence-corrected chi connectivity index (χ1v) is 10.8. The van der Waals surface area contributed by atoms with E-state index in [1.807, 2.05) is 41.1 Å². The molecule has 33 heavy (non-hydrogen) atoms. The third-order valence-electron chi connectivity index (χ3n) is 5.15. The molecule has 0 aliphatic heterocycles. The van der Waals surface area contributed by atoms with Gasteiger partial charge in [0, 0.05) is 36.8 Å². The Bertz CT molecular complexity index is 1030. The minimum absolute atomic E-state index is 0.0175. The van der Waals surface area contributed by atoms with Crippen LogP contribution in [0.2, 0.25) is 0 Å². The van der Waals surface area contributed by atoms with Gasteiger partial charge in [0.2, 0.25) is 5.91 Å². The molecule has 1 atom stereocenters. The van der Waals surface area contributed by atoms with E-state index in [0.717, 1.165) is 18.5 Å². The molecule has 0 saturated carbocycles. The number of hydrogen-bond donors (Lipinski definition) is 2. The number of carbonyl (C=O) groups excluding carboxylic acids is 3. The smallest absolute Gasteiger partial charge is 0.251 e. The van der Waals surface area contributed by atoms with Crippen LogP contribution in [-0.2, 0) is 22.6 Å². The van der Waals surface area contributed by atoms with E-state index in [2.05, 4.69) is 10.3 Å². The highest BCUT2D eigenvalue weighted by Gasteiger charge is 2.20. The van der Waals surface area contributed by atoms with Crippen molar-refractivity contribution in [2.75, 3.05) is 13.2 Å². The zero-order valence-electron chi connectivity index (χ0n) is 18.4. The number of ketones is 1. The summed E-state index contributed by atoms with van der Waals surface area (Å²) in [5, 5.41) is 2.60. The summed E-state index contributed by atoms with van der Waals surface area (Å²) in [5.41, 5.74) is 6.82. The van der Waals surface area contributed by atoms with Crippen molar-refractivity contribution < 1.29 is 19.1 Å². The van der Waals surface area contributed by atoms with Gasteiger partial charge in [-0.05, 0) is 42.7 Å². The van der Waals surface area contributed by atoms with Gasteiger partial charge in [0.05, 0.1) is 19.5 Å². The summed E-state index contributed by atoms with van der Waals surface area (Å²) >= 11 is 0. The summed E-state index contributed by atoms with van der Waals surface area (Å²) in [6, 6.07) is 16.1. The number of amides is 2. The molecule has 0 spiro atoms. The van der Waals surface area contributed by atoms with E-state index in [1.54, 1.807) is 36.8 Å². The number of nitrogens with one attached hydrogen (secondary N) is 1. The fourth-order valence-corrected chi connectivity index (χ4v) is 3.36. The highest BCUT2D eigenvalue weighted by Crippen LogP contribution is 2.14. The molecule has 3 aromatic rings. The summed E-state index contributed by atoms with van der Waals surface area (Å²) in [6.45, 7) is 1.20. The molecule has 3 N–H and O–H groups in total. The summed E-state index contributed by atoms with van der Waals surface area (Å²) < 4.78 is 7.67. The predicted octanol–water partition coefficient (Wildman–Crippen LogP) is 2.39. The lowest BCUT2D eigenvalue weighted by Crippen LogP contribution is -2.33. The first-order chi connectivity index (χ1) is 16.0. The largest absolute Gasteiger partial charge is 0.494 e. The lowest BCUT2D eigenvalue weighted by molar-refractivity contribution is -0.126. The molecule has 0 bridgehead atoms. The molecule has 1 aromatic heterocycles. The topological polar surface area (TPSA) is 116 Å². The molecule has 0 fully saturated rings. The number of primary amides is 1. The third kappa shape index (κ3) is 7.92. The van der Waals surface area contributed by atoms with Crippen molar-refractivity contribution in [2.24, 2.45) is 11.7 Å². The lowest BCUT2D eigenvalue weighted by Gasteiger charge is -2.13. The number of imidazole rings is 1. The maximum absolute atomic E-state index is 12.4. The van der Waals surface area contributed by atoms with Gasteiger partial charge >= 0.3 is 0 Å². The molecule has 0 unspecified atom stereocenters. The van der Waals surface area contributed by atoms with Crippen LogP contribution < -0.4 is 15.8 Å². The van der Waals surface area contributed by atoms with E-state index < -0.39 is 11.8 Å². The second-order valence-corrected chi connectivity index (χ2v) is 7.74. The SMILES string of the molecule is NC(=O)[C@@H](CC(=O)CNC(=O)c1ccc(OCCCn2ccnc2)cc1)Cc1ccccc1. The maximum atomic E-state index is 12.4. The number of nitrogens with zero attached hydrogens (tertiary/aromatic N) is 2. The first kappa shape index (κ1) is 23.7. The zero-order valence-corrected chi connectivity index (χ0v) is 18.4. The van der Waals surface area contributed by atoms with Crippen molar-refractivity contribution in [3.8, 4) is 5.75 Å². The molecule has 1 heterocycles. The first-order valence-electron chi connectivity index (χ1n) is 10.8. The zero-order chi connectivity index (χ0) is 23.5. The molecule has 172 valence electrons. The van der Waals surface area contributed by atoms with Crippen molar-refractivity contribution >= 4 is 17.6 Å². The number of ether oxygens (including phenoxy) is 1. The Morgan fingerprint density at radius 1 is 1.06 bits per heavy atom. The number of rotatable bonds is 13. The Morgan fingerprint density at radius 2 is 1.82 bits per heavy atom. The van der Waals surface area contributed by atoms with E-state index in [9.17, 15) is 14.4 Å². The Kier molecular flexibility index (Phi) is 8.76. The van der Waals surface area contributed by atoms with Crippen LogP contribution in [0.3, 0.4) is 0 Å². The van der Waals surface area contributed by atoms with Gasteiger partial charge in [0.25, 0.3) is 5.91 Å². The number of benzene rings is 2. The number of aromatic nitrogens is 2. The van der Waals surface area contributed by atoms with Gasteiger partial charge in [0.15, 0.2) is 5.78 Å². The fraction of sp³-hybridized carbons (Fsp3) is 0.280. The van der Waals surface area contributed by atoms with Crippen LogP contribution >= 0.6 is 0 Å². The Morgan fingerprint density at radius 3 is 2.48 bits per heavy atom. The predicted molar refractivity (Wildman–Crippen MR) is 124 cm³/mol. The second kappa shape index (κ2) is 12.2. The van der Waals surface area contributed by atoms with Crippen LogP contribution in [0.15, 0.2) is 73.3 Å². The van der Waals surface area contributed by atoms with Crippen LogP contribution in [0.4, 0.5) is 0 Å². The Labute approximate surface area is 192 Å². The molecule has 8 heteroatoms. The number of nitrogens with two attached hydrogens (primary N) is 1. The van der Waals surface area contributed by atoms with E-state index in [-0.39, 0.29) is 24.7 Å². The quantitative estimate of drug-likeness (QED) is 0.390. The van der Waals surface area contributed by atoms with Gasteiger partial charge in [-0.2, -0.15) is 0 Å². The van der Waals surface area contributed by atoms with Crippen molar-refractivity contribution in [3.63, 3.8) is 0 Å². The minimum Gasteiger partial charge on any atom is -0.494 e. The summed E-state index contributed by atoms with van der Waals surface area (Å²) in [7, 11) is 0. The van der Waals surface area contributed by atoms with Crippen LogP contribution in [0, 0.1) is 5.92 Å². The van der Waals surface area contributed by atoms with Gasteiger partial charge in [-0.3, -0.25) is 14.4 Å². The van der Waals surface area contributed by atoms with Gasteiger partial charge in [-0.1, -0.05) is 30.3 Å². The van der Waals surface area contributed by atoms with Crippen molar-refractivity contribution in [1.82, 2.24) is 14.9 Å². The van der Waals surface area contributed by atoms with Crippen molar-refractivity contribution in [3.05, 3.63) is 84.4 Å². The molecule has 2 amide bonds. The minimum atomic E-state index is -0.609. The van der Waals surface area contributed by atoms with Gasteiger partial charge < -0.3 is 20.4 Å². The highest BCUT2D eigenvalue weighted by atomic mass is 16.5. The van der Waals surface area contributed by atoms with Crippen LogP contribution in [0.1, 0.15) is 28.8 Å². The molecule has 3 rings (SSSR count). The number of aryl methyl sites for hydroxylation is 1. The van der Waals surface area contributed by atoms with E-state index in [4.69, 9.17) is 10.5 Å². The Hall–Kier alpha value is -3.94. The third-order valence-corrected chi connectivity index (χ3v) is 5.15. The van der Waals surface area contributed by atoms with Gasteiger partial charge in [-0.25, -0.2) is 4.98 Å². The normalized spacial score (nSPS) is 11.5. The van der Waals surface area contributed by atoms with Gasteiger partial charge in [0.1, 0.15) is 5.75 Å². The summed E-state index contributed by atoms with van der Waals surface area (Å²) in [6.07, 6.45) is 6.59. The van der Waals surface area contributed by atoms with Crippen LogP contribution in [0.5, 0.6) is 5.75 Å². The average molecular weight is 449 g/mol. The monoisotopic (exact) mass is 448 g/mol.